The van der Waals surface area contributed by atoms with Gasteiger partial charge in [-0.2, -0.15) is 0 Å². The van der Waals surface area contributed by atoms with E-state index >= 15 is 0 Å². The zero-order valence-electron chi connectivity index (χ0n) is 16.4. The van der Waals surface area contributed by atoms with E-state index in [1.807, 2.05) is 37.8 Å². The predicted octanol–water partition coefficient (Wildman–Crippen LogP) is 3.57. The summed E-state index contributed by atoms with van der Waals surface area (Å²) in [6.07, 6.45) is -0.508. The minimum atomic E-state index is -0.483. The molecule has 0 aliphatic carbocycles. The summed E-state index contributed by atoms with van der Waals surface area (Å²) in [4.78, 5) is 16.7. The van der Waals surface area contributed by atoms with E-state index in [-0.39, 0.29) is 24.5 Å². The lowest BCUT2D eigenvalue weighted by Gasteiger charge is -2.45. The number of hydrogen-bond acceptors (Lipinski definition) is 5. The maximum atomic E-state index is 12.6. The van der Waals surface area contributed by atoms with E-state index in [0.29, 0.717) is 13.2 Å². The monoisotopic (exact) mass is 362 g/mol. The van der Waals surface area contributed by atoms with Gasteiger partial charge < -0.3 is 19.1 Å². The van der Waals surface area contributed by atoms with Crippen LogP contribution in [0.2, 0.25) is 0 Å². The van der Waals surface area contributed by atoms with Crippen LogP contribution in [0.4, 0.5) is 10.5 Å². The average molecular weight is 362 g/mol. The van der Waals surface area contributed by atoms with Crippen molar-refractivity contribution in [3.8, 4) is 0 Å². The molecule has 2 saturated heterocycles. The van der Waals surface area contributed by atoms with Crippen LogP contribution < -0.4 is 4.90 Å². The largest absolute Gasteiger partial charge is 0.444 e. The van der Waals surface area contributed by atoms with Gasteiger partial charge in [-0.05, 0) is 46.8 Å². The molecule has 6 heteroatoms. The highest BCUT2D eigenvalue weighted by Crippen LogP contribution is 2.29. The van der Waals surface area contributed by atoms with Crippen molar-refractivity contribution < 1.29 is 19.0 Å². The molecule has 6 nitrogen and oxygen atoms in total. The van der Waals surface area contributed by atoms with E-state index in [2.05, 4.69) is 30.9 Å². The Morgan fingerprint density at radius 3 is 2.31 bits per heavy atom. The fourth-order valence-corrected chi connectivity index (χ4v) is 3.63. The molecule has 2 fully saturated rings. The Morgan fingerprint density at radius 2 is 1.73 bits per heavy atom. The maximum absolute atomic E-state index is 12.6. The molecule has 2 aliphatic heterocycles. The third kappa shape index (κ3) is 4.30. The van der Waals surface area contributed by atoms with Crippen LogP contribution in [-0.4, -0.2) is 55.0 Å². The molecule has 0 bridgehead atoms. The first-order valence-electron chi connectivity index (χ1n) is 9.34. The smallest absolute Gasteiger partial charge is 0.410 e. The Hall–Kier alpha value is -1.79. The van der Waals surface area contributed by atoms with Crippen molar-refractivity contribution in [1.29, 1.82) is 0 Å². The highest BCUT2D eigenvalue weighted by Gasteiger charge is 2.35. The lowest BCUT2D eigenvalue weighted by molar-refractivity contribution is -0.0440. The van der Waals surface area contributed by atoms with E-state index in [1.54, 1.807) is 0 Å². The van der Waals surface area contributed by atoms with E-state index < -0.39 is 5.60 Å². The second-order valence-electron chi connectivity index (χ2n) is 8.16. The summed E-state index contributed by atoms with van der Waals surface area (Å²) in [6.45, 7) is 12.6. The van der Waals surface area contributed by atoms with Crippen LogP contribution in [0, 0.1) is 0 Å². The number of carbonyl (C=O) groups is 1. The Labute approximate surface area is 156 Å². The molecule has 0 radical (unpaired) electrons. The molecular weight excluding hydrogens is 332 g/mol. The summed E-state index contributed by atoms with van der Waals surface area (Å²) in [5.74, 6) is 0. The molecule has 2 aliphatic rings. The zero-order chi connectivity index (χ0) is 18.9. The van der Waals surface area contributed by atoms with E-state index in [9.17, 15) is 4.79 Å². The van der Waals surface area contributed by atoms with Crippen molar-refractivity contribution in [2.24, 2.45) is 0 Å². The van der Waals surface area contributed by atoms with Crippen LogP contribution in [0.15, 0.2) is 24.3 Å². The van der Waals surface area contributed by atoms with Gasteiger partial charge in [-0.3, -0.25) is 4.90 Å². The Kier molecular flexibility index (Phi) is 5.44. The number of benzene rings is 1. The first-order chi connectivity index (χ1) is 12.2. The number of ether oxygens (including phenoxy) is 3. The van der Waals surface area contributed by atoms with Crippen LogP contribution in [0.25, 0.3) is 0 Å². The number of rotatable bonds is 2. The summed E-state index contributed by atoms with van der Waals surface area (Å²) in [6, 6.07) is 8.42. The van der Waals surface area contributed by atoms with Gasteiger partial charge in [0.2, 0.25) is 0 Å². The van der Waals surface area contributed by atoms with Gasteiger partial charge in [-0.1, -0.05) is 12.1 Å². The molecule has 3 rings (SSSR count). The van der Waals surface area contributed by atoms with Crippen LogP contribution in [0.5, 0.6) is 0 Å². The van der Waals surface area contributed by atoms with Crippen LogP contribution >= 0.6 is 0 Å². The van der Waals surface area contributed by atoms with Crippen LogP contribution in [-0.2, 0) is 14.2 Å². The van der Waals surface area contributed by atoms with Gasteiger partial charge in [0.05, 0.1) is 25.3 Å². The molecule has 1 aromatic carbocycles. The fraction of sp³-hybridized carbons (Fsp3) is 0.650. The molecule has 144 valence electrons. The van der Waals surface area contributed by atoms with E-state index in [4.69, 9.17) is 14.2 Å². The fourth-order valence-electron chi connectivity index (χ4n) is 3.63. The molecule has 0 unspecified atom stereocenters. The molecular formula is C20H30N2O4. The summed E-state index contributed by atoms with van der Waals surface area (Å²) >= 11 is 0. The minimum absolute atomic E-state index is 0.0660. The lowest BCUT2D eigenvalue weighted by atomic mass is 10.1. The molecule has 2 heterocycles. The van der Waals surface area contributed by atoms with Gasteiger partial charge in [-0.15, -0.1) is 0 Å². The van der Waals surface area contributed by atoms with Gasteiger partial charge >= 0.3 is 6.09 Å². The molecule has 26 heavy (non-hydrogen) atoms. The maximum Gasteiger partial charge on any atom is 0.410 e. The number of amides is 1. The molecule has 2 atom stereocenters. The van der Waals surface area contributed by atoms with Crippen molar-refractivity contribution in [3.05, 3.63) is 29.8 Å². The Morgan fingerprint density at radius 1 is 1.12 bits per heavy atom. The number of carbonyl (C=O) groups excluding carboxylic acids is 1. The number of piperazine rings is 1. The number of nitrogens with zero attached hydrogens (tertiary/aromatic N) is 2. The third-order valence-corrected chi connectivity index (χ3v) is 4.65. The van der Waals surface area contributed by atoms with Gasteiger partial charge in [0.15, 0.2) is 6.29 Å². The standard InChI is InChI=1S/C20H30N2O4/c1-14-12-21(13-15(2)22(14)19(23)26-20(3,4)5)17-8-6-7-16(11-17)18-24-9-10-25-18/h6-8,11,14-15,18H,9-10,12-13H2,1-5H3/t14-,15+. The molecule has 0 aromatic heterocycles. The molecule has 0 saturated carbocycles. The molecule has 0 spiro atoms. The van der Waals surface area contributed by atoms with Crippen molar-refractivity contribution in [1.82, 2.24) is 4.90 Å². The average Bonchev–Trinajstić information content (AvgIpc) is 3.07. The predicted molar refractivity (Wildman–Crippen MR) is 100 cm³/mol. The summed E-state index contributed by atoms with van der Waals surface area (Å²) in [5, 5.41) is 0. The van der Waals surface area contributed by atoms with Crippen LogP contribution in [0.1, 0.15) is 46.5 Å². The SMILES string of the molecule is C[C@@H]1CN(c2cccc(C3OCCO3)c2)C[C@H](C)N1C(=O)OC(C)(C)C. The minimum Gasteiger partial charge on any atom is -0.444 e. The first-order valence-corrected chi connectivity index (χ1v) is 9.34. The van der Waals surface area contributed by atoms with Crippen molar-refractivity contribution in [3.63, 3.8) is 0 Å². The summed E-state index contributed by atoms with van der Waals surface area (Å²) in [7, 11) is 0. The highest BCUT2D eigenvalue weighted by atomic mass is 16.7. The van der Waals surface area contributed by atoms with Crippen molar-refractivity contribution in [2.75, 3.05) is 31.2 Å². The number of hydrogen-bond donors (Lipinski definition) is 0. The third-order valence-electron chi connectivity index (χ3n) is 4.65. The van der Waals surface area contributed by atoms with Crippen molar-refractivity contribution in [2.45, 2.75) is 58.6 Å². The van der Waals surface area contributed by atoms with Gasteiger partial charge in [0.1, 0.15) is 5.60 Å². The topological polar surface area (TPSA) is 51.2 Å². The second kappa shape index (κ2) is 7.45. The van der Waals surface area contributed by atoms with E-state index in [0.717, 1.165) is 24.3 Å². The molecule has 0 N–H and O–H groups in total. The van der Waals surface area contributed by atoms with Crippen molar-refractivity contribution >= 4 is 11.8 Å². The Bertz CT molecular complexity index is 625. The lowest BCUT2D eigenvalue weighted by Crippen LogP contribution is -2.59. The molecule has 1 amide bonds. The quantitative estimate of drug-likeness (QED) is 0.805. The summed E-state index contributed by atoms with van der Waals surface area (Å²) < 4.78 is 16.8. The van der Waals surface area contributed by atoms with Crippen LogP contribution in [0.3, 0.4) is 0 Å². The first kappa shape index (κ1) is 19.0. The Balaban J connectivity index is 1.71. The number of anilines is 1. The second-order valence-corrected chi connectivity index (χ2v) is 8.16. The van der Waals surface area contributed by atoms with Gasteiger partial charge in [0, 0.05) is 24.3 Å². The molecule has 1 aromatic rings. The van der Waals surface area contributed by atoms with Gasteiger partial charge in [-0.25, -0.2) is 4.79 Å². The normalized spacial score (nSPS) is 24.8. The van der Waals surface area contributed by atoms with Gasteiger partial charge in [0.25, 0.3) is 0 Å². The highest BCUT2D eigenvalue weighted by molar-refractivity contribution is 5.69. The zero-order valence-corrected chi connectivity index (χ0v) is 16.4. The summed E-state index contributed by atoms with van der Waals surface area (Å²) in [5.41, 5.74) is 1.68. The van der Waals surface area contributed by atoms with E-state index in [1.165, 1.54) is 0 Å².